The number of benzene rings is 1. The Balaban J connectivity index is 2.76. The van der Waals surface area contributed by atoms with Gasteiger partial charge in [0.05, 0.1) is 11.9 Å². The van der Waals surface area contributed by atoms with Crippen molar-refractivity contribution in [3.05, 3.63) is 39.9 Å². The average Bonchev–Trinajstić information content (AvgIpc) is 2.21. The van der Waals surface area contributed by atoms with Gasteiger partial charge in [0.1, 0.15) is 0 Å². The summed E-state index contributed by atoms with van der Waals surface area (Å²) in [5.41, 5.74) is 1.67. The number of aliphatic imine (C=N–C) groups is 1. The van der Waals surface area contributed by atoms with Crippen molar-refractivity contribution in [2.24, 2.45) is 4.99 Å². The van der Waals surface area contributed by atoms with Crippen LogP contribution in [0.15, 0.2) is 29.3 Å². The Hall–Kier alpha value is -2.04. The van der Waals surface area contributed by atoms with E-state index in [1.165, 1.54) is 0 Å². The molecule has 1 atom stereocenters. The third-order valence-electron chi connectivity index (χ3n) is 1.79. The Morgan fingerprint density at radius 3 is 2.47 bits per heavy atom. The van der Waals surface area contributed by atoms with E-state index in [1.807, 2.05) is 19.1 Å². The lowest BCUT2D eigenvalue weighted by molar-refractivity contribution is -0.485. The second kappa shape index (κ2) is 4.99. The van der Waals surface area contributed by atoms with E-state index in [9.17, 15) is 14.9 Å². The molecule has 1 rings (SSSR count). The number of rotatable bonds is 4. The summed E-state index contributed by atoms with van der Waals surface area (Å²) in [4.78, 5) is 23.7. The average molecular weight is 206 g/mol. The number of nitro groups is 1. The molecule has 0 bridgehead atoms. The number of carbonyl (C=O) groups excluding carboxylic acids is 1. The van der Waals surface area contributed by atoms with Gasteiger partial charge in [-0.05, 0) is 19.1 Å². The van der Waals surface area contributed by atoms with Crippen molar-refractivity contribution in [3.8, 4) is 0 Å². The number of aldehydes is 1. The Bertz CT molecular complexity index is 384. The molecule has 78 valence electrons. The molecule has 0 fully saturated rings. The summed E-state index contributed by atoms with van der Waals surface area (Å²) in [5, 5.41) is 10.3. The van der Waals surface area contributed by atoms with Gasteiger partial charge in [-0.1, -0.05) is 17.7 Å². The molecule has 0 aliphatic carbocycles. The molecule has 0 saturated heterocycles. The van der Waals surface area contributed by atoms with Crippen molar-refractivity contribution in [2.75, 3.05) is 0 Å². The highest BCUT2D eigenvalue weighted by atomic mass is 16.6. The van der Waals surface area contributed by atoms with Crippen LogP contribution in [0, 0.1) is 17.0 Å². The lowest BCUT2D eigenvalue weighted by atomic mass is 10.2. The van der Waals surface area contributed by atoms with E-state index in [0.717, 1.165) is 11.8 Å². The molecule has 0 amide bonds. The topological polar surface area (TPSA) is 72.6 Å². The van der Waals surface area contributed by atoms with Crippen molar-refractivity contribution in [1.82, 2.24) is 0 Å². The molecule has 0 heterocycles. The first-order valence-corrected chi connectivity index (χ1v) is 4.33. The van der Waals surface area contributed by atoms with E-state index in [-0.39, 0.29) is 6.29 Å². The quantitative estimate of drug-likeness (QED) is 0.324. The van der Waals surface area contributed by atoms with Gasteiger partial charge in [0, 0.05) is 4.92 Å². The van der Waals surface area contributed by atoms with Crippen LogP contribution < -0.4 is 0 Å². The Morgan fingerprint density at radius 2 is 2.00 bits per heavy atom. The zero-order valence-corrected chi connectivity index (χ0v) is 8.16. The molecule has 1 aromatic carbocycles. The van der Waals surface area contributed by atoms with Crippen LogP contribution in [0.3, 0.4) is 0 Å². The number of nitrogens with zero attached hydrogens (tertiary/aromatic N) is 2. The summed E-state index contributed by atoms with van der Waals surface area (Å²) in [7, 11) is 0. The maximum absolute atomic E-state index is 10.3. The van der Waals surface area contributed by atoms with Gasteiger partial charge >= 0.3 is 6.04 Å². The van der Waals surface area contributed by atoms with Crippen LogP contribution in [-0.2, 0) is 4.79 Å². The highest BCUT2D eigenvalue weighted by Gasteiger charge is 2.14. The molecule has 0 spiro atoms. The smallest absolute Gasteiger partial charge is 0.295 e. The van der Waals surface area contributed by atoms with Crippen LogP contribution in [0.2, 0.25) is 0 Å². The van der Waals surface area contributed by atoms with Gasteiger partial charge in [0.15, 0.2) is 6.29 Å². The van der Waals surface area contributed by atoms with Crippen LogP contribution in [0.4, 0.5) is 5.69 Å². The Morgan fingerprint density at radius 1 is 1.40 bits per heavy atom. The molecule has 0 aliphatic heterocycles. The first-order valence-electron chi connectivity index (χ1n) is 4.33. The van der Waals surface area contributed by atoms with Crippen molar-refractivity contribution in [3.63, 3.8) is 0 Å². The number of hydrogen-bond acceptors (Lipinski definition) is 4. The lowest BCUT2D eigenvalue weighted by Crippen LogP contribution is -2.22. The minimum atomic E-state index is -1.37. The molecular weight excluding hydrogens is 196 g/mol. The van der Waals surface area contributed by atoms with Gasteiger partial charge in [-0.3, -0.25) is 19.9 Å². The van der Waals surface area contributed by atoms with E-state index in [2.05, 4.69) is 4.99 Å². The van der Waals surface area contributed by atoms with E-state index >= 15 is 0 Å². The van der Waals surface area contributed by atoms with Gasteiger partial charge in [0.2, 0.25) is 0 Å². The number of carbonyl (C=O) groups is 1. The van der Waals surface area contributed by atoms with Gasteiger partial charge in [-0.25, -0.2) is 0 Å². The van der Waals surface area contributed by atoms with Gasteiger partial charge < -0.3 is 0 Å². The van der Waals surface area contributed by atoms with Crippen LogP contribution in [0.5, 0.6) is 0 Å². The molecule has 0 saturated carbocycles. The third kappa shape index (κ3) is 3.30. The fraction of sp³-hybridized carbons (Fsp3) is 0.200. The zero-order chi connectivity index (χ0) is 11.3. The zero-order valence-electron chi connectivity index (χ0n) is 8.16. The molecular formula is C10H10N2O3. The van der Waals surface area contributed by atoms with Gasteiger partial charge in [-0.15, -0.1) is 0 Å². The van der Waals surface area contributed by atoms with Crippen LogP contribution >= 0.6 is 0 Å². The number of aryl methyl sites for hydroxylation is 1. The molecule has 1 aromatic rings. The summed E-state index contributed by atoms with van der Waals surface area (Å²) in [6, 6.07) is 5.77. The summed E-state index contributed by atoms with van der Waals surface area (Å²) in [6.07, 6.45) is 1.27. The maximum atomic E-state index is 10.3. The molecule has 0 radical (unpaired) electrons. The second-order valence-electron chi connectivity index (χ2n) is 3.03. The summed E-state index contributed by atoms with van der Waals surface area (Å²) in [5.74, 6) is 0. The van der Waals surface area contributed by atoms with E-state index < -0.39 is 11.0 Å². The first kappa shape index (κ1) is 11.0. The summed E-state index contributed by atoms with van der Waals surface area (Å²) < 4.78 is 0. The first-order chi connectivity index (χ1) is 7.13. The normalized spacial score (nSPS) is 12.6. The van der Waals surface area contributed by atoms with Crippen LogP contribution in [-0.4, -0.2) is 23.5 Å². The third-order valence-corrected chi connectivity index (χ3v) is 1.79. The maximum Gasteiger partial charge on any atom is 0.302 e. The molecule has 0 aliphatic rings. The molecule has 1 unspecified atom stereocenters. The minimum absolute atomic E-state index is 0.248. The SMILES string of the molecule is Cc1ccc(N=CC(C=O)[N+](=O)[O-])cc1. The fourth-order valence-electron chi connectivity index (χ4n) is 0.933. The highest BCUT2D eigenvalue weighted by molar-refractivity contribution is 5.84. The van der Waals surface area contributed by atoms with Crippen molar-refractivity contribution >= 4 is 18.2 Å². The van der Waals surface area contributed by atoms with E-state index in [1.54, 1.807) is 12.1 Å². The lowest BCUT2D eigenvalue weighted by Gasteiger charge is -1.96. The number of hydrogen-bond donors (Lipinski definition) is 0. The molecule has 0 aromatic heterocycles. The molecule has 5 heteroatoms. The van der Waals surface area contributed by atoms with E-state index in [0.29, 0.717) is 5.69 Å². The summed E-state index contributed by atoms with van der Waals surface area (Å²) in [6.45, 7) is 1.93. The fourth-order valence-corrected chi connectivity index (χ4v) is 0.933. The molecule has 0 N–H and O–H groups in total. The van der Waals surface area contributed by atoms with Gasteiger partial charge in [0.25, 0.3) is 0 Å². The van der Waals surface area contributed by atoms with Crippen LogP contribution in [0.25, 0.3) is 0 Å². The van der Waals surface area contributed by atoms with Gasteiger partial charge in [-0.2, -0.15) is 0 Å². The monoisotopic (exact) mass is 206 g/mol. The molecule has 5 nitrogen and oxygen atoms in total. The Kier molecular flexibility index (Phi) is 3.68. The predicted octanol–water partition coefficient (Wildman–Crippen LogP) is 1.54. The van der Waals surface area contributed by atoms with E-state index in [4.69, 9.17) is 0 Å². The second-order valence-corrected chi connectivity index (χ2v) is 3.03. The highest BCUT2D eigenvalue weighted by Crippen LogP contribution is 2.11. The van der Waals surface area contributed by atoms with Crippen molar-refractivity contribution in [1.29, 1.82) is 0 Å². The van der Waals surface area contributed by atoms with Crippen molar-refractivity contribution < 1.29 is 9.72 Å². The minimum Gasteiger partial charge on any atom is -0.295 e. The standard InChI is InChI=1S/C10H10N2O3/c1-8-2-4-9(5-3-8)11-6-10(7-13)12(14)15/h2-7,10H,1H3. The summed E-state index contributed by atoms with van der Waals surface area (Å²) >= 11 is 0. The Labute approximate surface area is 86.6 Å². The predicted molar refractivity (Wildman–Crippen MR) is 56.2 cm³/mol. The van der Waals surface area contributed by atoms with Crippen LogP contribution in [0.1, 0.15) is 5.56 Å². The molecule has 15 heavy (non-hydrogen) atoms. The van der Waals surface area contributed by atoms with Crippen molar-refractivity contribution in [2.45, 2.75) is 13.0 Å². The largest absolute Gasteiger partial charge is 0.302 e.